The Morgan fingerprint density at radius 3 is 2.77 bits per heavy atom. The van der Waals surface area contributed by atoms with Gasteiger partial charge in [0.2, 0.25) is 5.91 Å². The molecular formula is C20H25N5O. The second-order valence-corrected chi connectivity index (χ2v) is 7.18. The van der Waals surface area contributed by atoms with E-state index in [4.69, 9.17) is 0 Å². The zero-order valence-corrected chi connectivity index (χ0v) is 15.4. The first kappa shape index (κ1) is 16.8. The Morgan fingerprint density at radius 2 is 1.96 bits per heavy atom. The Bertz CT molecular complexity index is 906. The van der Waals surface area contributed by atoms with Crippen LogP contribution in [-0.4, -0.2) is 43.1 Å². The van der Waals surface area contributed by atoms with Crippen LogP contribution in [0.1, 0.15) is 42.4 Å². The Morgan fingerprint density at radius 1 is 1.15 bits per heavy atom. The lowest BCUT2D eigenvalue weighted by Gasteiger charge is -2.32. The van der Waals surface area contributed by atoms with Gasteiger partial charge in [-0.2, -0.15) is 0 Å². The summed E-state index contributed by atoms with van der Waals surface area (Å²) in [5.41, 5.74) is 3.29. The van der Waals surface area contributed by atoms with E-state index in [-0.39, 0.29) is 11.8 Å². The molecule has 1 aliphatic rings. The van der Waals surface area contributed by atoms with Gasteiger partial charge < -0.3 is 9.47 Å². The van der Waals surface area contributed by atoms with Crippen molar-refractivity contribution in [2.75, 3.05) is 13.1 Å². The van der Waals surface area contributed by atoms with Crippen molar-refractivity contribution in [2.24, 2.45) is 0 Å². The van der Waals surface area contributed by atoms with E-state index >= 15 is 0 Å². The van der Waals surface area contributed by atoms with E-state index in [0.717, 1.165) is 43.9 Å². The molecule has 0 bridgehead atoms. The molecule has 0 saturated carbocycles. The van der Waals surface area contributed by atoms with Gasteiger partial charge in [0.05, 0.1) is 0 Å². The monoisotopic (exact) mass is 351 g/mol. The van der Waals surface area contributed by atoms with Crippen LogP contribution in [0.2, 0.25) is 0 Å². The number of rotatable bonds is 4. The topological polar surface area (TPSA) is 55.4 Å². The van der Waals surface area contributed by atoms with Crippen LogP contribution in [0.4, 0.5) is 0 Å². The maximum absolute atomic E-state index is 12.8. The van der Waals surface area contributed by atoms with Gasteiger partial charge in [0.1, 0.15) is 5.82 Å². The number of hydrogen-bond donors (Lipinski definition) is 0. The van der Waals surface area contributed by atoms with Crippen LogP contribution in [0, 0.1) is 13.8 Å². The quantitative estimate of drug-likeness (QED) is 0.726. The third-order valence-corrected chi connectivity index (χ3v) is 5.45. The number of fused-ring (bicyclic) bond motifs is 1. The van der Waals surface area contributed by atoms with Crippen molar-refractivity contribution < 1.29 is 4.79 Å². The fourth-order valence-corrected chi connectivity index (χ4v) is 3.97. The summed E-state index contributed by atoms with van der Waals surface area (Å²) in [4.78, 5) is 14.8. The van der Waals surface area contributed by atoms with Gasteiger partial charge in [-0.25, -0.2) is 0 Å². The number of aryl methyl sites for hydroxylation is 2. The largest absolute Gasteiger partial charge is 0.349 e. The highest BCUT2D eigenvalue weighted by molar-refractivity contribution is 5.76. The van der Waals surface area contributed by atoms with Crippen LogP contribution in [0.25, 0.3) is 5.65 Å². The molecule has 0 aliphatic carbocycles. The first-order chi connectivity index (χ1) is 12.6. The van der Waals surface area contributed by atoms with Crippen molar-refractivity contribution in [3.8, 4) is 0 Å². The van der Waals surface area contributed by atoms with E-state index in [9.17, 15) is 4.79 Å². The number of likely N-dealkylation sites (tertiary alicyclic amines) is 1. The molecule has 1 saturated heterocycles. The predicted octanol–water partition coefficient (Wildman–Crippen LogP) is 2.94. The van der Waals surface area contributed by atoms with Crippen molar-refractivity contribution in [1.82, 2.24) is 24.1 Å². The van der Waals surface area contributed by atoms with Crippen LogP contribution in [0.3, 0.4) is 0 Å². The van der Waals surface area contributed by atoms with Crippen molar-refractivity contribution in [3.05, 3.63) is 53.7 Å². The van der Waals surface area contributed by atoms with Gasteiger partial charge in [-0.3, -0.25) is 9.20 Å². The highest BCUT2D eigenvalue weighted by Crippen LogP contribution is 2.26. The minimum atomic E-state index is 0.232. The lowest BCUT2D eigenvalue weighted by Crippen LogP contribution is -2.40. The summed E-state index contributed by atoms with van der Waals surface area (Å²) in [6.07, 6.45) is 4.61. The zero-order chi connectivity index (χ0) is 18.1. The van der Waals surface area contributed by atoms with E-state index in [1.807, 2.05) is 33.7 Å². The number of nitrogens with zero attached hydrogens (tertiary/aromatic N) is 5. The van der Waals surface area contributed by atoms with Gasteiger partial charge in [-0.05, 0) is 51.0 Å². The first-order valence-electron chi connectivity index (χ1n) is 9.33. The Labute approximate surface area is 153 Å². The zero-order valence-electron chi connectivity index (χ0n) is 15.4. The summed E-state index contributed by atoms with van der Waals surface area (Å²) in [7, 11) is 0. The van der Waals surface area contributed by atoms with E-state index < -0.39 is 0 Å². The molecule has 6 nitrogen and oxygen atoms in total. The molecular weight excluding hydrogens is 326 g/mol. The molecule has 1 fully saturated rings. The van der Waals surface area contributed by atoms with E-state index in [1.54, 1.807) is 0 Å². The third kappa shape index (κ3) is 3.11. The fraction of sp³-hybridized carbons (Fsp3) is 0.450. The summed E-state index contributed by atoms with van der Waals surface area (Å²) in [6.45, 7) is 6.50. The SMILES string of the molecule is Cc1ccc(C)n1CCC(=O)N1CCCC(c2nnc3ccccn23)C1. The summed E-state index contributed by atoms with van der Waals surface area (Å²) in [5, 5.41) is 8.65. The normalized spacial score (nSPS) is 17.8. The number of carbonyl (C=O) groups is 1. The molecule has 1 atom stereocenters. The number of hydrogen-bond acceptors (Lipinski definition) is 3. The molecule has 1 aliphatic heterocycles. The fourth-order valence-electron chi connectivity index (χ4n) is 3.97. The van der Waals surface area contributed by atoms with Crippen LogP contribution in [-0.2, 0) is 11.3 Å². The van der Waals surface area contributed by atoms with Crippen molar-refractivity contribution >= 4 is 11.6 Å². The highest BCUT2D eigenvalue weighted by Gasteiger charge is 2.27. The second-order valence-electron chi connectivity index (χ2n) is 7.18. The number of aromatic nitrogens is 4. The Kier molecular flexibility index (Phi) is 4.49. The average molecular weight is 351 g/mol. The van der Waals surface area contributed by atoms with Crippen LogP contribution < -0.4 is 0 Å². The lowest BCUT2D eigenvalue weighted by atomic mass is 9.97. The van der Waals surface area contributed by atoms with E-state index in [0.29, 0.717) is 6.42 Å². The second kappa shape index (κ2) is 6.94. The average Bonchev–Trinajstić information content (AvgIpc) is 3.23. The van der Waals surface area contributed by atoms with Gasteiger partial charge in [0.15, 0.2) is 5.65 Å². The molecule has 1 unspecified atom stereocenters. The Balaban J connectivity index is 1.44. The number of pyridine rings is 1. The van der Waals surface area contributed by atoms with Crippen LogP contribution in [0.15, 0.2) is 36.5 Å². The van der Waals surface area contributed by atoms with Gasteiger partial charge in [0, 0.05) is 49.6 Å². The molecule has 0 spiro atoms. The number of carbonyl (C=O) groups excluding carboxylic acids is 1. The third-order valence-electron chi connectivity index (χ3n) is 5.45. The number of amides is 1. The molecule has 3 aromatic rings. The molecule has 1 amide bonds. The smallest absolute Gasteiger partial charge is 0.224 e. The minimum Gasteiger partial charge on any atom is -0.349 e. The molecule has 6 heteroatoms. The summed E-state index contributed by atoms with van der Waals surface area (Å²) < 4.78 is 4.26. The highest BCUT2D eigenvalue weighted by atomic mass is 16.2. The van der Waals surface area contributed by atoms with Gasteiger partial charge in [0.25, 0.3) is 0 Å². The van der Waals surface area contributed by atoms with Crippen LogP contribution in [0.5, 0.6) is 0 Å². The van der Waals surface area contributed by atoms with E-state index in [1.165, 1.54) is 11.4 Å². The lowest BCUT2D eigenvalue weighted by molar-refractivity contribution is -0.132. The van der Waals surface area contributed by atoms with Gasteiger partial charge in [-0.15, -0.1) is 10.2 Å². The van der Waals surface area contributed by atoms with Crippen LogP contribution >= 0.6 is 0 Å². The molecule has 0 aromatic carbocycles. The number of piperidine rings is 1. The molecule has 0 radical (unpaired) electrons. The predicted molar refractivity (Wildman–Crippen MR) is 100 cm³/mol. The summed E-state index contributed by atoms with van der Waals surface area (Å²) in [6, 6.07) is 10.1. The molecule has 0 N–H and O–H groups in total. The molecule has 4 rings (SSSR count). The maximum atomic E-state index is 12.8. The first-order valence-corrected chi connectivity index (χ1v) is 9.33. The summed E-state index contributed by atoms with van der Waals surface area (Å²) in [5.74, 6) is 1.45. The van der Waals surface area contributed by atoms with Gasteiger partial charge in [-0.1, -0.05) is 6.07 Å². The maximum Gasteiger partial charge on any atom is 0.224 e. The Hall–Kier alpha value is -2.63. The van der Waals surface area contributed by atoms with Gasteiger partial charge >= 0.3 is 0 Å². The summed E-state index contributed by atoms with van der Waals surface area (Å²) >= 11 is 0. The molecule has 26 heavy (non-hydrogen) atoms. The minimum absolute atomic E-state index is 0.232. The standard InChI is InChI=1S/C20H25N5O/c1-15-8-9-16(2)24(15)13-10-19(26)23-11-5-6-17(14-23)20-22-21-18-7-3-4-12-25(18)20/h3-4,7-9,12,17H,5-6,10-11,13-14H2,1-2H3. The van der Waals surface area contributed by atoms with Crippen molar-refractivity contribution in [1.29, 1.82) is 0 Å². The van der Waals surface area contributed by atoms with E-state index in [2.05, 4.69) is 40.7 Å². The van der Waals surface area contributed by atoms with Crippen molar-refractivity contribution in [2.45, 2.75) is 45.6 Å². The molecule has 136 valence electrons. The molecule has 4 heterocycles. The van der Waals surface area contributed by atoms with Crippen molar-refractivity contribution in [3.63, 3.8) is 0 Å². The molecule has 3 aromatic heterocycles.